The zero-order valence-corrected chi connectivity index (χ0v) is 15.8. The Kier molecular flexibility index (Phi) is 4.86. The van der Waals surface area contributed by atoms with Crippen LogP contribution in [0.1, 0.15) is 58.4 Å². The molecule has 1 aliphatic heterocycles. The molecule has 2 aliphatic rings. The van der Waals surface area contributed by atoms with Crippen molar-refractivity contribution in [3.63, 3.8) is 0 Å². The summed E-state index contributed by atoms with van der Waals surface area (Å²) in [6, 6.07) is 11.9. The molecular formula is C22H23N3O3. The molecule has 1 heterocycles. The van der Waals surface area contributed by atoms with Crippen LogP contribution in [0.25, 0.3) is 0 Å². The Morgan fingerprint density at radius 1 is 0.964 bits per heavy atom. The summed E-state index contributed by atoms with van der Waals surface area (Å²) in [7, 11) is 0. The van der Waals surface area contributed by atoms with Gasteiger partial charge in [0, 0.05) is 11.7 Å². The van der Waals surface area contributed by atoms with E-state index in [1.165, 1.54) is 6.42 Å². The number of imide groups is 1. The number of amides is 4. The minimum Gasteiger partial charge on any atom is -0.335 e. The van der Waals surface area contributed by atoms with Gasteiger partial charge < -0.3 is 10.6 Å². The molecule has 144 valence electrons. The number of nitrogens with zero attached hydrogens (tertiary/aromatic N) is 1. The molecule has 0 bridgehead atoms. The molecule has 0 saturated heterocycles. The number of nitrogens with one attached hydrogen (secondary N) is 2. The molecule has 0 aromatic heterocycles. The lowest BCUT2D eigenvalue weighted by molar-refractivity contribution is 0.0926. The number of hydrogen-bond donors (Lipinski definition) is 2. The zero-order chi connectivity index (χ0) is 19.7. The number of aryl methyl sites for hydroxylation is 1. The van der Waals surface area contributed by atoms with Crippen molar-refractivity contribution in [3.05, 3.63) is 59.2 Å². The van der Waals surface area contributed by atoms with E-state index < -0.39 is 0 Å². The van der Waals surface area contributed by atoms with Crippen molar-refractivity contribution in [2.24, 2.45) is 0 Å². The van der Waals surface area contributed by atoms with Crippen LogP contribution in [0.4, 0.5) is 16.2 Å². The van der Waals surface area contributed by atoms with Crippen molar-refractivity contribution < 1.29 is 14.4 Å². The van der Waals surface area contributed by atoms with Crippen LogP contribution in [-0.2, 0) is 0 Å². The van der Waals surface area contributed by atoms with Crippen molar-refractivity contribution >= 4 is 29.2 Å². The van der Waals surface area contributed by atoms with E-state index in [1.54, 1.807) is 42.5 Å². The highest BCUT2D eigenvalue weighted by molar-refractivity contribution is 6.34. The zero-order valence-electron chi connectivity index (χ0n) is 15.8. The summed E-state index contributed by atoms with van der Waals surface area (Å²) in [5.74, 6) is -0.691. The average molecular weight is 377 g/mol. The smallest absolute Gasteiger partial charge is 0.319 e. The lowest BCUT2D eigenvalue weighted by Crippen LogP contribution is -2.39. The van der Waals surface area contributed by atoms with E-state index in [0.29, 0.717) is 22.5 Å². The van der Waals surface area contributed by atoms with Crippen molar-refractivity contribution in [1.82, 2.24) is 5.32 Å². The number of fused-ring (bicyclic) bond motifs is 1. The SMILES string of the molecule is Cc1ccc(N2C(=O)c3ccccc3C2=O)cc1NC(=O)NC1CCCCC1. The first-order chi connectivity index (χ1) is 13.5. The Hall–Kier alpha value is -3.15. The van der Waals surface area contributed by atoms with Crippen LogP contribution >= 0.6 is 0 Å². The molecule has 0 spiro atoms. The number of anilines is 2. The van der Waals surface area contributed by atoms with Crippen LogP contribution in [0, 0.1) is 6.92 Å². The van der Waals surface area contributed by atoms with Crippen molar-refractivity contribution in [1.29, 1.82) is 0 Å². The number of carbonyl (C=O) groups is 3. The van der Waals surface area contributed by atoms with Gasteiger partial charge in [0.1, 0.15) is 0 Å². The van der Waals surface area contributed by atoms with Gasteiger partial charge in [0.25, 0.3) is 11.8 Å². The summed E-state index contributed by atoms with van der Waals surface area (Å²) in [5, 5.41) is 5.89. The Morgan fingerprint density at radius 2 is 1.61 bits per heavy atom. The molecule has 1 saturated carbocycles. The van der Waals surface area contributed by atoms with Crippen LogP contribution in [0.5, 0.6) is 0 Å². The monoisotopic (exact) mass is 377 g/mol. The predicted molar refractivity (Wildman–Crippen MR) is 108 cm³/mol. The molecule has 0 unspecified atom stereocenters. The van der Waals surface area contributed by atoms with E-state index in [4.69, 9.17) is 0 Å². The summed E-state index contributed by atoms with van der Waals surface area (Å²) >= 11 is 0. The van der Waals surface area contributed by atoms with Crippen molar-refractivity contribution in [2.75, 3.05) is 10.2 Å². The van der Waals surface area contributed by atoms with Crippen molar-refractivity contribution in [3.8, 4) is 0 Å². The predicted octanol–water partition coefficient (Wildman–Crippen LogP) is 4.25. The highest BCUT2D eigenvalue weighted by Crippen LogP contribution is 2.31. The fourth-order valence-electron chi connectivity index (χ4n) is 3.90. The van der Waals surface area contributed by atoms with Gasteiger partial charge in [-0.1, -0.05) is 37.5 Å². The molecule has 2 aromatic carbocycles. The van der Waals surface area contributed by atoms with E-state index >= 15 is 0 Å². The Bertz CT molecular complexity index is 913. The molecule has 4 rings (SSSR count). The van der Waals surface area contributed by atoms with Gasteiger partial charge in [-0.2, -0.15) is 0 Å². The average Bonchev–Trinajstić information content (AvgIpc) is 2.95. The minimum atomic E-state index is -0.345. The molecule has 6 nitrogen and oxygen atoms in total. The molecular weight excluding hydrogens is 354 g/mol. The van der Waals surface area contributed by atoms with E-state index in [-0.39, 0.29) is 23.9 Å². The van der Waals surface area contributed by atoms with Crippen LogP contribution in [0.2, 0.25) is 0 Å². The van der Waals surface area contributed by atoms with Gasteiger partial charge in [0.15, 0.2) is 0 Å². The quantitative estimate of drug-likeness (QED) is 0.785. The third-order valence-corrected chi connectivity index (χ3v) is 5.46. The third-order valence-electron chi connectivity index (χ3n) is 5.46. The van der Waals surface area contributed by atoms with Crippen LogP contribution in [-0.4, -0.2) is 23.9 Å². The topological polar surface area (TPSA) is 78.5 Å². The van der Waals surface area contributed by atoms with Crippen LogP contribution in [0.3, 0.4) is 0 Å². The van der Waals surface area contributed by atoms with Gasteiger partial charge >= 0.3 is 6.03 Å². The molecule has 1 fully saturated rings. The highest BCUT2D eigenvalue weighted by Gasteiger charge is 2.36. The summed E-state index contributed by atoms with van der Waals surface area (Å²) in [4.78, 5) is 39.0. The number of rotatable bonds is 3. The van der Waals surface area contributed by atoms with E-state index in [0.717, 1.165) is 36.1 Å². The molecule has 0 atom stereocenters. The highest BCUT2D eigenvalue weighted by atomic mass is 16.2. The Balaban J connectivity index is 1.54. The lowest BCUT2D eigenvalue weighted by Gasteiger charge is -2.23. The van der Waals surface area contributed by atoms with Gasteiger partial charge in [-0.15, -0.1) is 0 Å². The van der Waals surface area contributed by atoms with Crippen LogP contribution in [0.15, 0.2) is 42.5 Å². The molecule has 4 amide bonds. The molecule has 1 aliphatic carbocycles. The number of urea groups is 1. The molecule has 6 heteroatoms. The summed E-state index contributed by atoms with van der Waals surface area (Å²) in [6.07, 6.45) is 5.50. The normalized spacial score (nSPS) is 16.8. The summed E-state index contributed by atoms with van der Waals surface area (Å²) < 4.78 is 0. The summed E-state index contributed by atoms with van der Waals surface area (Å²) in [6.45, 7) is 1.88. The van der Waals surface area contributed by atoms with Crippen LogP contribution < -0.4 is 15.5 Å². The first-order valence-electron chi connectivity index (χ1n) is 9.70. The maximum atomic E-state index is 12.7. The standard InChI is InChI=1S/C22H23N3O3/c1-14-11-12-16(25-20(26)17-9-5-6-10-18(17)21(25)27)13-19(14)24-22(28)23-15-7-3-2-4-8-15/h5-6,9-13,15H,2-4,7-8H2,1H3,(H2,23,24,28). The molecule has 0 radical (unpaired) electrons. The van der Waals surface area contributed by atoms with Gasteiger partial charge in [-0.3, -0.25) is 9.59 Å². The van der Waals surface area contributed by atoms with Crippen molar-refractivity contribution in [2.45, 2.75) is 45.1 Å². The Labute approximate surface area is 163 Å². The summed E-state index contributed by atoms with van der Waals surface area (Å²) in [5.41, 5.74) is 2.70. The maximum Gasteiger partial charge on any atom is 0.319 e. The van der Waals surface area contributed by atoms with Gasteiger partial charge in [-0.05, 0) is 49.6 Å². The number of hydrogen-bond acceptors (Lipinski definition) is 3. The lowest BCUT2D eigenvalue weighted by atomic mass is 9.96. The van der Waals surface area contributed by atoms with Gasteiger partial charge in [-0.25, -0.2) is 9.69 Å². The number of carbonyl (C=O) groups excluding carboxylic acids is 3. The Morgan fingerprint density at radius 3 is 2.25 bits per heavy atom. The minimum absolute atomic E-state index is 0.202. The van der Waals surface area contributed by atoms with E-state index in [9.17, 15) is 14.4 Å². The second-order valence-corrected chi connectivity index (χ2v) is 7.42. The van der Waals surface area contributed by atoms with E-state index in [2.05, 4.69) is 10.6 Å². The molecule has 28 heavy (non-hydrogen) atoms. The second kappa shape index (κ2) is 7.46. The third kappa shape index (κ3) is 3.38. The van der Waals surface area contributed by atoms with Gasteiger partial charge in [0.2, 0.25) is 0 Å². The largest absolute Gasteiger partial charge is 0.335 e. The second-order valence-electron chi connectivity index (χ2n) is 7.42. The molecule has 2 aromatic rings. The van der Waals surface area contributed by atoms with E-state index in [1.807, 2.05) is 6.92 Å². The first-order valence-corrected chi connectivity index (χ1v) is 9.70. The molecule has 2 N–H and O–H groups in total. The maximum absolute atomic E-state index is 12.7. The van der Waals surface area contributed by atoms with Gasteiger partial charge in [0.05, 0.1) is 16.8 Å². The number of benzene rings is 2. The fourth-order valence-corrected chi connectivity index (χ4v) is 3.90. The first kappa shape index (κ1) is 18.2. The fraction of sp³-hybridized carbons (Fsp3) is 0.318.